The number of fused-ring (bicyclic) bond motifs is 1. The Bertz CT molecular complexity index is 501. The molecule has 6 nitrogen and oxygen atoms in total. The maximum atomic E-state index is 11.2. The van der Waals surface area contributed by atoms with Gasteiger partial charge in [0.25, 0.3) is 5.91 Å². The van der Waals surface area contributed by atoms with Gasteiger partial charge in [-0.05, 0) is 24.6 Å². The number of anilines is 2. The van der Waals surface area contributed by atoms with Crippen LogP contribution in [0.2, 0.25) is 0 Å². The number of benzene rings is 1. The molecule has 1 aliphatic rings. The molecule has 0 saturated carbocycles. The van der Waals surface area contributed by atoms with Crippen molar-refractivity contribution in [3.05, 3.63) is 18.2 Å². The molecule has 0 unspecified atom stereocenters. The molecule has 102 valence electrons. The van der Waals surface area contributed by atoms with Crippen molar-refractivity contribution in [1.29, 1.82) is 0 Å². The van der Waals surface area contributed by atoms with Crippen LogP contribution in [0.25, 0.3) is 0 Å². The SMILES string of the molecule is CN(CCCC(=O)O)c1ccc2c(c1)NC(=O)CO2. The van der Waals surface area contributed by atoms with Gasteiger partial charge in [0.15, 0.2) is 6.61 Å². The van der Waals surface area contributed by atoms with Crippen molar-refractivity contribution in [2.45, 2.75) is 12.8 Å². The van der Waals surface area contributed by atoms with Gasteiger partial charge in [-0.3, -0.25) is 9.59 Å². The largest absolute Gasteiger partial charge is 0.482 e. The van der Waals surface area contributed by atoms with Gasteiger partial charge in [-0.1, -0.05) is 0 Å². The van der Waals surface area contributed by atoms with E-state index < -0.39 is 5.97 Å². The number of aliphatic carboxylic acids is 1. The number of hydrogen-bond donors (Lipinski definition) is 2. The topological polar surface area (TPSA) is 78.9 Å². The molecule has 1 aliphatic heterocycles. The molecule has 0 fully saturated rings. The summed E-state index contributed by atoms with van der Waals surface area (Å²) in [5.41, 5.74) is 1.56. The number of ether oxygens (including phenoxy) is 1. The lowest BCUT2D eigenvalue weighted by atomic mass is 10.2. The summed E-state index contributed by atoms with van der Waals surface area (Å²) in [7, 11) is 1.88. The Morgan fingerprint density at radius 2 is 2.32 bits per heavy atom. The van der Waals surface area contributed by atoms with E-state index in [1.807, 2.05) is 24.1 Å². The number of nitrogens with zero attached hydrogens (tertiary/aromatic N) is 1. The number of hydrogen-bond acceptors (Lipinski definition) is 4. The summed E-state index contributed by atoms with van der Waals surface area (Å²) >= 11 is 0. The van der Waals surface area contributed by atoms with Crippen LogP contribution < -0.4 is 15.0 Å². The Balaban J connectivity index is 2.02. The fourth-order valence-corrected chi connectivity index (χ4v) is 1.91. The van der Waals surface area contributed by atoms with Crippen LogP contribution in [0.15, 0.2) is 18.2 Å². The zero-order valence-corrected chi connectivity index (χ0v) is 10.7. The lowest BCUT2D eigenvalue weighted by Crippen LogP contribution is -2.26. The summed E-state index contributed by atoms with van der Waals surface area (Å²) < 4.78 is 5.27. The quantitative estimate of drug-likeness (QED) is 0.838. The van der Waals surface area contributed by atoms with Gasteiger partial charge in [-0.2, -0.15) is 0 Å². The van der Waals surface area contributed by atoms with E-state index in [1.165, 1.54) is 0 Å². The van der Waals surface area contributed by atoms with Crippen molar-refractivity contribution in [1.82, 2.24) is 0 Å². The molecule has 0 aromatic heterocycles. The van der Waals surface area contributed by atoms with Crippen LogP contribution in [-0.4, -0.2) is 37.2 Å². The molecule has 6 heteroatoms. The average Bonchev–Trinajstić information content (AvgIpc) is 2.37. The first-order valence-corrected chi connectivity index (χ1v) is 6.06. The molecule has 0 radical (unpaired) electrons. The van der Waals surface area contributed by atoms with E-state index in [0.29, 0.717) is 24.4 Å². The van der Waals surface area contributed by atoms with E-state index in [2.05, 4.69) is 5.32 Å². The van der Waals surface area contributed by atoms with E-state index in [4.69, 9.17) is 9.84 Å². The van der Waals surface area contributed by atoms with Gasteiger partial charge in [0.05, 0.1) is 5.69 Å². The molecule has 2 N–H and O–H groups in total. The van der Waals surface area contributed by atoms with Crippen LogP contribution in [0.5, 0.6) is 5.75 Å². The van der Waals surface area contributed by atoms with Crippen LogP contribution in [0, 0.1) is 0 Å². The maximum Gasteiger partial charge on any atom is 0.303 e. The predicted molar refractivity (Wildman–Crippen MR) is 70.7 cm³/mol. The van der Waals surface area contributed by atoms with Gasteiger partial charge in [0.1, 0.15) is 5.75 Å². The van der Waals surface area contributed by atoms with E-state index >= 15 is 0 Å². The Morgan fingerprint density at radius 3 is 3.05 bits per heavy atom. The standard InChI is InChI=1S/C13H16N2O4/c1-15(6-2-3-13(17)18)9-4-5-11-10(7-9)14-12(16)8-19-11/h4-5,7H,2-3,6,8H2,1H3,(H,14,16)(H,17,18). The van der Waals surface area contributed by atoms with Gasteiger partial charge in [0.2, 0.25) is 0 Å². The lowest BCUT2D eigenvalue weighted by Gasteiger charge is -2.23. The molecule has 0 saturated heterocycles. The third kappa shape index (κ3) is 3.37. The van der Waals surface area contributed by atoms with Crippen LogP contribution in [0.4, 0.5) is 11.4 Å². The molecule has 1 heterocycles. The van der Waals surface area contributed by atoms with Gasteiger partial charge < -0.3 is 20.1 Å². The zero-order chi connectivity index (χ0) is 13.8. The molecule has 19 heavy (non-hydrogen) atoms. The minimum atomic E-state index is -0.792. The van der Waals surface area contributed by atoms with Gasteiger partial charge in [-0.25, -0.2) is 0 Å². The van der Waals surface area contributed by atoms with Crippen LogP contribution >= 0.6 is 0 Å². The number of carboxylic acids is 1. The molecule has 0 spiro atoms. The molecule has 1 aromatic carbocycles. The molecular weight excluding hydrogens is 248 g/mol. The third-order valence-corrected chi connectivity index (χ3v) is 2.92. The summed E-state index contributed by atoms with van der Waals surface area (Å²) in [5.74, 6) is -0.306. The second kappa shape index (κ2) is 5.60. The van der Waals surface area contributed by atoms with Crippen molar-refractivity contribution in [2.75, 3.05) is 30.4 Å². The molecule has 1 amide bonds. The van der Waals surface area contributed by atoms with Crippen LogP contribution in [0.1, 0.15) is 12.8 Å². The highest BCUT2D eigenvalue weighted by atomic mass is 16.5. The number of carbonyl (C=O) groups is 2. The van der Waals surface area contributed by atoms with Crippen molar-refractivity contribution >= 4 is 23.3 Å². The maximum absolute atomic E-state index is 11.2. The molecule has 0 atom stereocenters. The van der Waals surface area contributed by atoms with Crippen molar-refractivity contribution < 1.29 is 19.4 Å². The van der Waals surface area contributed by atoms with E-state index in [0.717, 1.165) is 5.69 Å². The number of carboxylic acid groups (broad SMARTS) is 1. The average molecular weight is 264 g/mol. The first-order valence-electron chi connectivity index (χ1n) is 6.06. The normalized spacial score (nSPS) is 13.2. The van der Waals surface area contributed by atoms with Crippen molar-refractivity contribution in [3.8, 4) is 5.75 Å². The van der Waals surface area contributed by atoms with E-state index in [1.54, 1.807) is 6.07 Å². The fraction of sp³-hybridized carbons (Fsp3) is 0.385. The van der Waals surface area contributed by atoms with Crippen molar-refractivity contribution in [3.63, 3.8) is 0 Å². The van der Waals surface area contributed by atoms with Gasteiger partial charge >= 0.3 is 5.97 Å². The Labute approximate surface area is 111 Å². The molecule has 0 aliphatic carbocycles. The monoisotopic (exact) mass is 264 g/mol. The zero-order valence-electron chi connectivity index (χ0n) is 10.7. The molecule has 1 aromatic rings. The second-order valence-corrected chi connectivity index (χ2v) is 4.44. The fourth-order valence-electron chi connectivity index (χ4n) is 1.91. The summed E-state index contributed by atoms with van der Waals surface area (Å²) in [6.45, 7) is 0.681. The smallest absolute Gasteiger partial charge is 0.303 e. The van der Waals surface area contributed by atoms with E-state index in [9.17, 15) is 9.59 Å². The minimum absolute atomic E-state index is 0.0425. The Morgan fingerprint density at radius 1 is 1.53 bits per heavy atom. The summed E-state index contributed by atoms with van der Waals surface area (Å²) in [4.78, 5) is 23.6. The van der Waals surface area contributed by atoms with Gasteiger partial charge in [-0.15, -0.1) is 0 Å². The highest BCUT2D eigenvalue weighted by Crippen LogP contribution is 2.31. The highest BCUT2D eigenvalue weighted by molar-refractivity contribution is 5.96. The number of nitrogens with one attached hydrogen (secondary N) is 1. The molecular formula is C13H16N2O4. The number of carbonyl (C=O) groups excluding carboxylic acids is 1. The lowest BCUT2D eigenvalue weighted by molar-refractivity contribution is -0.137. The molecule has 0 bridgehead atoms. The van der Waals surface area contributed by atoms with Gasteiger partial charge in [0, 0.05) is 25.7 Å². The first kappa shape index (κ1) is 13.2. The van der Waals surface area contributed by atoms with Crippen LogP contribution in [0.3, 0.4) is 0 Å². The van der Waals surface area contributed by atoms with Crippen LogP contribution in [-0.2, 0) is 9.59 Å². The summed E-state index contributed by atoms with van der Waals surface area (Å²) in [6.07, 6.45) is 0.723. The minimum Gasteiger partial charge on any atom is -0.482 e. The van der Waals surface area contributed by atoms with E-state index in [-0.39, 0.29) is 18.9 Å². The Hall–Kier alpha value is -2.24. The predicted octanol–water partition coefficient (Wildman–Crippen LogP) is 1.32. The number of amides is 1. The molecule has 2 rings (SSSR count). The summed E-state index contributed by atoms with van der Waals surface area (Å²) in [5, 5.41) is 11.3. The first-order chi connectivity index (χ1) is 9.06. The number of rotatable bonds is 5. The Kier molecular flexibility index (Phi) is 3.89. The second-order valence-electron chi connectivity index (χ2n) is 4.44. The highest BCUT2D eigenvalue weighted by Gasteiger charge is 2.16. The third-order valence-electron chi connectivity index (χ3n) is 2.92. The summed E-state index contributed by atoms with van der Waals surface area (Å²) in [6, 6.07) is 5.52. The van der Waals surface area contributed by atoms with Crippen molar-refractivity contribution in [2.24, 2.45) is 0 Å².